The molecule has 0 saturated carbocycles. The Morgan fingerprint density at radius 3 is 2.65 bits per heavy atom. The molecule has 1 N–H and O–H groups in total. The maximum absolute atomic E-state index is 11.9. The third kappa shape index (κ3) is 3.41. The van der Waals surface area contributed by atoms with Crippen molar-refractivity contribution in [1.82, 2.24) is 0 Å². The number of sulfone groups is 1. The lowest BCUT2D eigenvalue weighted by atomic mass is 10.2. The minimum absolute atomic E-state index is 0.000694. The third-order valence-corrected chi connectivity index (χ3v) is 4.84. The van der Waals surface area contributed by atoms with Crippen molar-refractivity contribution in [2.24, 2.45) is 0 Å². The van der Waals surface area contributed by atoms with Crippen molar-refractivity contribution in [2.75, 3.05) is 5.75 Å². The molecule has 4 nitrogen and oxygen atoms in total. The Bertz CT molecular complexity index is 549. The van der Waals surface area contributed by atoms with Crippen LogP contribution in [-0.4, -0.2) is 25.2 Å². The van der Waals surface area contributed by atoms with Crippen molar-refractivity contribution in [3.05, 3.63) is 40.9 Å². The molecule has 0 aromatic heterocycles. The van der Waals surface area contributed by atoms with E-state index in [-0.39, 0.29) is 16.2 Å². The van der Waals surface area contributed by atoms with Crippen molar-refractivity contribution in [3.63, 3.8) is 0 Å². The standard InChI is InChI=1S/C11H11BrO4S/c1-2-3-6-17(15,16)10-7-8(11(13)14)4-5-9(10)12/h2,4-5,7H,1,3,6H2,(H,13,14). The molecule has 0 saturated heterocycles. The number of hydrogen-bond acceptors (Lipinski definition) is 3. The number of carboxylic acids is 1. The smallest absolute Gasteiger partial charge is 0.335 e. The summed E-state index contributed by atoms with van der Waals surface area (Å²) in [6, 6.07) is 3.92. The van der Waals surface area contributed by atoms with Gasteiger partial charge >= 0.3 is 5.97 Å². The first-order valence-corrected chi connectivity index (χ1v) is 7.19. The molecule has 0 atom stereocenters. The van der Waals surface area contributed by atoms with Crippen LogP contribution in [-0.2, 0) is 9.84 Å². The Kier molecular flexibility index (Phi) is 4.47. The summed E-state index contributed by atoms with van der Waals surface area (Å²) in [6.07, 6.45) is 1.83. The molecule has 6 heteroatoms. The quantitative estimate of drug-likeness (QED) is 0.847. The second kappa shape index (κ2) is 5.46. The molecule has 0 fully saturated rings. The third-order valence-electron chi connectivity index (χ3n) is 2.10. The van der Waals surface area contributed by atoms with Gasteiger partial charge < -0.3 is 5.11 Å². The topological polar surface area (TPSA) is 71.4 Å². The van der Waals surface area contributed by atoms with Crippen LogP contribution < -0.4 is 0 Å². The number of rotatable bonds is 5. The fourth-order valence-corrected chi connectivity index (χ4v) is 3.58. The number of halogens is 1. The van der Waals surface area contributed by atoms with E-state index in [1.807, 2.05) is 0 Å². The van der Waals surface area contributed by atoms with Crippen LogP contribution in [0.15, 0.2) is 40.2 Å². The van der Waals surface area contributed by atoms with Gasteiger partial charge in [0, 0.05) is 4.47 Å². The predicted molar refractivity (Wildman–Crippen MR) is 68.0 cm³/mol. The zero-order valence-electron chi connectivity index (χ0n) is 8.89. The van der Waals surface area contributed by atoms with Crippen molar-refractivity contribution in [3.8, 4) is 0 Å². The van der Waals surface area contributed by atoms with E-state index in [0.717, 1.165) is 6.07 Å². The first kappa shape index (κ1) is 13.9. The summed E-state index contributed by atoms with van der Waals surface area (Å²) < 4.78 is 24.2. The van der Waals surface area contributed by atoms with Crippen LogP contribution in [0, 0.1) is 0 Å². The Morgan fingerprint density at radius 2 is 2.12 bits per heavy atom. The van der Waals surface area contributed by atoms with Crippen molar-refractivity contribution in [2.45, 2.75) is 11.3 Å². The molecule has 0 aliphatic rings. The number of hydrogen-bond donors (Lipinski definition) is 1. The summed E-state index contributed by atoms with van der Waals surface area (Å²) >= 11 is 3.11. The lowest BCUT2D eigenvalue weighted by Gasteiger charge is -2.06. The van der Waals surface area contributed by atoms with Gasteiger partial charge in [-0.15, -0.1) is 6.58 Å². The van der Waals surface area contributed by atoms with E-state index in [1.165, 1.54) is 18.2 Å². The van der Waals surface area contributed by atoms with Gasteiger partial charge in [0.05, 0.1) is 16.2 Å². The number of benzene rings is 1. The lowest BCUT2D eigenvalue weighted by Crippen LogP contribution is -2.08. The highest BCUT2D eigenvalue weighted by molar-refractivity contribution is 9.10. The number of carbonyl (C=O) groups is 1. The summed E-state index contributed by atoms with van der Waals surface area (Å²) in [6.45, 7) is 3.46. The zero-order valence-corrected chi connectivity index (χ0v) is 11.3. The molecule has 0 heterocycles. The van der Waals surface area contributed by atoms with E-state index < -0.39 is 15.8 Å². The molecule has 0 amide bonds. The highest BCUT2D eigenvalue weighted by atomic mass is 79.9. The first-order valence-electron chi connectivity index (χ1n) is 4.75. The molecular formula is C11H11BrO4S. The van der Waals surface area contributed by atoms with E-state index in [2.05, 4.69) is 22.5 Å². The molecular weight excluding hydrogens is 308 g/mol. The number of aromatic carboxylic acids is 1. The van der Waals surface area contributed by atoms with Crippen LogP contribution in [0.1, 0.15) is 16.8 Å². The highest BCUT2D eigenvalue weighted by Crippen LogP contribution is 2.24. The first-order chi connectivity index (χ1) is 7.88. The maximum Gasteiger partial charge on any atom is 0.335 e. The van der Waals surface area contributed by atoms with Gasteiger partial charge in [0.2, 0.25) is 0 Å². The van der Waals surface area contributed by atoms with E-state index >= 15 is 0 Å². The molecule has 92 valence electrons. The van der Waals surface area contributed by atoms with Gasteiger partial charge in [0.15, 0.2) is 9.84 Å². The summed E-state index contributed by atoms with van der Waals surface area (Å²) in [4.78, 5) is 10.8. The Hall–Kier alpha value is -1.14. The van der Waals surface area contributed by atoms with Crippen LogP contribution in [0.4, 0.5) is 0 Å². The Balaban J connectivity index is 3.25. The molecule has 1 aromatic carbocycles. The van der Waals surface area contributed by atoms with Crippen LogP contribution in [0.5, 0.6) is 0 Å². The van der Waals surface area contributed by atoms with Crippen LogP contribution in [0.3, 0.4) is 0 Å². The fourth-order valence-electron chi connectivity index (χ4n) is 1.22. The summed E-state index contributed by atoms with van der Waals surface area (Å²) in [5.41, 5.74) is -0.0506. The Morgan fingerprint density at radius 1 is 1.47 bits per heavy atom. The lowest BCUT2D eigenvalue weighted by molar-refractivity contribution is 0.0696. The van der Waals surface area contributed by atoms with Gasteiger partial charge in [-0.25, -0.2) is 13.2 Å². The average Bonchev–Trinajstić information content (AvgIpc) is 2.26. The van der Waals surface area contributed by atoms with E-state index in [1.54, 1.807) is 0 Å². The SMILES string of the molecule is C=CCCS(=O)(=O)c1cc(C(=O)O)ccc1Br. The van der Waals surface area contributed by atoms with E-state index in [4.69, 9.17) is 5.11 Å². The molecule has 0 aliphatic heterocycles. The van der Waals surface area contributed by atoms with Gasteiger partial charge in [-0.1, -0.05) is 6.08 Å². The summed E-state index contributed by atoms with van der Waals surface area (Å²) in [5.74, 6) is -1.24. The van der Waals surface area contributed by atoms with Crippen molar-refractivity contribution < 1.29 is 18.3 Å². The second-order valence-corrected chi connectivity index (χ2v) is 6.28. The van der Waals surface area contributed by atoms with Gasteiger partial charge in [-0.05, 0) is 40.5 Å². The van der Waals surface area contributed by atoms with Crippen LogP contribution in [0.2, 0.25) is 0 Å². The normalized spacial score (nSPS) is 11.1. The second-order valence-electron chi connectivity index (χ2n) is 3.35. The molecule has 1 rings (SSSR count). The van der Waals surface area contributed by atoms with Crippen LogP contribution in [0.25, 0.3) is 0 Å². The number of allylic oxidation sites excluding steroid dienone is 1. The minimum atomic E-state index is -3.49. The zero-order chi connectivity index (χ0) is 13.1. The largest absolute Gasteiger partial charge is 0.478 e. The summed E-state index contributed by atoms with van der Waals surface area (Å²) in [5, 5.41) is 8.82. The average molecular weight is 319 g/mol. The highest BCUT2D eigenvalue weighted by Gasteiger charge is 2.19. The molecule has 0 radical (unpaired) electrons. The number of carboxylic acid groups (broad SMARTS) is 1. The van der Waals surface area contributed by atoms with Crippen molar-refractivity contribution >= 4 is 31.7 Å². The monoisotopic (exact) mass is 318 g/mol. The van der Waals surface area contributed by atoms with Crippen molar-refractivity contribution in [1.29, 1.82) is 0 Å². The maximum atomic E-state index is 11.9. The van der Waals surface area contributed by atoms with Gasteiger partial charge in [-0.3, -0.25) is 0 Å². The van der Waals surface area contributed by atoms with E-state index in [9.17, 15) is 13.2 Å². The van der Waals surface area contributed by atoms with Crippen LogP contribution >= 0.6 is 15.9 Å². The molecule has 0 bridgehead atoms. The van der Waals surface area contributed by atoms with Gasteiger partial charge in [0.25, 0.3) is 0 Å². The molecule has 17 heavy (non-hydrogen) atoms. The minimum Gasteiger partial charge on any atom is -0.478 e. The van der Waals surface area contributed by atoms with Gasteiger partial charge in [-0.2, -0.15) is 0 Å². The molecule has 0 aliphatic carbocycles. The fraction of sp³-hybridized carbons (Fsp3) is 0.182. The van der Waals surface area contributed by atoms with E-state index in [0.29, 0.717) is 10.9 Å². The molecule has 0 spiro atoms. The molecule has 1 aromatic rings. The predicted octanol–water partition coefficient (Wildman–Crippen LogP) is 2.50. The molecule has 0 unspecified atom stereocenters. The summed E-state index contributed by atoms with van der Waals surface area (Å²) in [7, 11) is -3.49. The Labute approximate surface area is 108 Å². The van der Waals surface area contributed by atoms with Gasteiger partial charge in [0.1, 0.15) is 0 Å².